The Morgan fingerprint density at radius 1 is 1.26 bits per heavy atom. The van der Waals surface area contributed by atoms with Crippen LogP contribution in [0.2, 0.25) is 5.15 Å². The minimum atomic E-state index is -0.661. The topological polar surface area (TPSA) is 81.2 Å². The standard InChI is InChI=1S/C18H13ClFN3O3S/c1-10-15(27-17(22-10)11-4-6-12(20)7-5-11)18(25)26-9-14(24)23-13-3-2-8-21-16(13)19/h2-8H,9H2,1H3,(H,23,24). The zero-order valence-electron chi connectivity index (χ0n) is 14.0. The molecule has 3 rings (SSSR count). The van der Waals surface area contributed by atoms with Crippen molar-refractivity contribution in [3.63, 3.8) is 0 Å². The summed E-state index contributed by atoms with van der Waals surface area (Å²) in [5, 5.41) is 3.21. The van der Waals surface area contributed by atoms with Gasteiger partial charge in [0.2, 0.25) is 0 Å². The van der Waals surface area contributed by atoms with E-state index in [2.05, 4.69) is 15.3 Å². The molecule has 0 bridgehead atoms. The molecule has 0 unspecified atom stereocenters. The maximum absolute atomic E-state index is 13.0. The summed E-state index contributed by atoms with van der Waals surface area (Å²) in [5.74, 6) is -1.56. The zero-order valence-corrected chi connectivity index (χ0v) is 15.6. The number of ether oxygens (including phenoxy) is 1. The van der Waals surface area contributed by atoms with E-state index in [-0.39, 0.29) is 15.8 Å². The van der Waals surface area contributed by atoms with Gasteiger partial charge in [0.1, 0.15) is 15.7 Å². The lowest BCUT2D eigenvalue weighted by atomic mass is 10.2. The molecular weight excluding hydrogens is 393 g/mol. The number of aryl methyl sites for hydroxylation is 1. The van der Waals surface area contributed by atoms with Crippen molar-refractivity contribution in [1.29, 1.82) is 0 Å². The highest BCUT2D eigenvalue weighted by atomic mass is 35.5. The third kappa shape index (κ3) is 4.66. The predicted octanol–water partition coefficient (Wildman–Crippen LogP) is 4.10. The van der Waals surface area contributed by atoms with Crippen LogP contribution in [0.5, 0.6) is 0 Å². The lowest BCUT2D eigenvalue weighted by Gasteiger charge is -2.06. The summed E-state index contributed by atoms with van der Waals surface area (Å²) in [4.78, 5) is 32.6. The van der Waals surface area contributed by atoms with Crippen LogP contribution in [-0.4, -0.2) is 28.5 Å². The lowest BCUT2D eigenvalue weighted by molar-refractivity contribution is -0.119. The van der Waals surface area contributed by atoms with Crippen LogP contribution in [0, 0.1) is 12.7 Å². The fraction of sp³-hybridized carbons (Fsp3) is 0.111. The highest BCUT2D eigenvalue weighted by molar-refractivity contribution is 7.17. The second kappa shape index (κ2) is 8.24. The molecule has 27 heavy (non-hydrogen) atoms. The smallest absolute Gasteiger partial charge is 0.350 e. The molecule has 0 saturated heterocycles. The van der Waals surface area contributed by atoms with Crippen molar-refractivity contribution in [3.05, 3.63) is 64.1 Å². The number of benzene rings is 1. The molecule has 0 aliphatic heterocycles. The molecule has 0 saturated carbocycles. The molecule has 0 spiro atoms. The Kier molecular flexibility index (Phi) is 5.78. The van der Waals surface area contributed by atoms with Gasteiger partial charge in [0.05, 0.1) is 11.4 Å². The van der Waals surface area contributed by atoms with Gasteiger partial charge < -0.3 is 10.1 Å². The van der Waals surface area contributed by atoms with Crippen molar-refractivity contribution in [2.24, 2.45) is 0 Å². The SMILES string of the molecule is Cc1nc(-c2ccc(F)cc2)sc1C(=O)OCC(=O)Nc1cccnc1Cl. The number of nitrogens with one attached hydrogen (secondary N) is 1. The van der Waals surface area contributed by atoms with Crippen LogP contribution in [0.1, 0.15) is 15.4 Å². The van der Waals surface area contributed by atoms with Gasteiger partial charge in [-0.3, -0.25) is 4.79 Å². The van der Waals surface area contributed by atoms with Gasteiger partial charge in [-0.05, 0) is 43.3 Å². The van der Waals surface area contributed by atoms with Crippen LogP contribution in [0.15, 0.2) is 42.6 Å². The quantitative estimate of drug-likeness (QED) is 0.510. The number of carbonyl (C=O) groups is 2. The number of rotatable bonds is 5. The number of halogens is 2. The van der Waals surface area contributed by atoms with Crippen LogP contribution in [-0.2, 0) is 9.53 Å². The van der Waals surface area contributed by atoms with Gasteiger partial charge >= 0.3 is 5.97 Å². The largest absolute Gasteiger partial charge is 0.451 e. The fourth-order valence-electron chi connectivity index (χ4n) is 2.16. The first-order valence-corrected chi connectivity index (χ1v) is 8.94. The first kappa shape index (κ1) is 18.9. The third-order valence-corrected chi connectivity index (χ3v) is 4.93. The van der Waals surface area contributed by atoms with Gasteiger partial charge in [0.15, 0.2) is 11.8 Å². The molecule has 9 heteroatoms. The van der Waals surface area contributed by atoms with Crippen LogP contribution in [0.4, 0.5) is 10.1 Å². The molecule has 6 nitrogen and oxygen atoms in total. The van der Waals surface area contributed by atoms with E-state index in [1.807, 2.05) is 0 Å². The molecule has 3 aromatic rings. The van der Waals surface area contributed by atoms with Gasteiger partial charge in [0.25, 0.3) is 5.91 Å². The molecule has 0 atom stereocenters. The van der Waals surface area contributed by atoms with Crippen molar-refractivity contribution in [1.82, 2.24) is 9.97 Å². The maximum Gasteiger partial charge on any atom is 0.350 e. The van der Waals surface area contributed by atoms with E-state index in [9.17, 15) is 14.0 Å². The van der Waals surface area contributed by atoms with Crippen LogP contribution < -0.4 is 5.32 Å². The van der Waals surface area contributed by atoms with E-state index < -0.39 is 18.5 Å². The van der Waals surface area contributed by atoms with Crippen LogP contribution >= 0.6 is 22.9 Å². The third-order valence-electron chi connectivity index (χ3n) is 3.44. The van der Waals surface area contributed by atoms with Gasteiger partial charge in [-0.2, -0.15) is 0 Å². The summed E-state index contributed by atoms with van der Waals surface area (Å²) in [5.41, 5.74) is 1.49. The summed E-state index contributed by atoms with van der Waals surface area (Å²) < 4.78 is 18.1. The summed E-state index contributed by atoms with van der Waals surface area (Å²) in [7, 11) is 0. The second-order valence-electron chi connectivity index (χ2n) is 5.41. The van der Waals surface area contributed by atoms with E-state index in [0.29, 0.717) is 22.0 Å². The lowest BCUT2D eigenvalue weighted by Crippen LogP contribution is -2.21. The Bertz CT molecular complexity index is 992. The van der Waals surface area contributed by atoms with Gasteiger partial charge in [0, 0.05) is 11.8 Å². The number of carbonyl (C=O) groups excluding carboxylic acids is 2. The molecule has 1 aromatic carbocycles. The monoisotopic (exact) mass is 405 g/mol. The Morgan fingerprint density at radius 3 is 2.70 bits per heavy atom. The summed E-state index contributed by atoms with van der Waals surface area (Å²) in [6.45, 7) is 1.18. The molecule has 0 fully saturated rings. The van der Waals surface area contributed by atoms with Gasteiger partial charge in [-0.15, -0.1) is 11.3 Å². The fourth-order valence-corrected chi connectivity index (χ4v) is 3.30. The average molecular weight is 406 g/mol. The number of thiazole rings is 1. The number of nitrogens with zero attached hydrogens (tertiary/aromatic N) is 2. The first-order chi connectivity index (χ1) is 12.9. The van der Waals surface area contributed by atoms with Crippen molar-refractivity contribution >= 4 is 40.5 Å². The van der Waals surface area contributed by atoms with Crippen LogP contribution in [0.25, 0.3) is 10.6 Å². The number of hydrogen-bond donors (Lipinski definition) is 1. The summed E-state index contributed by atoms with van der Waals surface area (Å²) in [6.07, 6.45) is 1.49. The number of hydrogen-bond acceptors (Lipinski definition) is 6. The molecule has 2 aromatic heterocycles. The molecular formula is C18H13ClFN3O3S. The van der Waals surface area contributed by atoms with Crippen molar-refractivity contribution in [2.45, 2.75) is 6.92 Å². The number of aromatic nitrogens is 2. The molecule has 1 amide bonds. The first-order valence-electron chi connectivity index (χ1n) is 7.75. The number of pyridine rings is 1. The molecule has 2 heterocycles. The Morgan fingerprint density at radius 2 is 2.00 bits per heavy atom. The van der Waals surface area contributed by atoms with Crippen molar-refractivity contribution < 1.29 is 18.7 Å². The van der Waals surface area contributed by atoms with Crippen LogP contribution in [0.3, 0.4) is 0 Å². The van der Waals surface area contributed by atoms with E-state index in [1.54, 1.807) is 31.2 Å². The number of esters is 1. The van der Waals surface area contributed by atoms with Crippen molar-refractivity contribution in [3.8, 4) is 10.6 Å². The molecule has 0 aliphatic rings. The highest BCUT2D eigenvalue weighted by Gasteiger charge is 2.19. The normalized spacial score (nSPS) is 10.5. The zero-order chi connectivity index (χ0) is 19.4. The second-order valence-corrected chi connectivity index (χ2v) is 6.76. The number of anilines is 1. The average Bonchev–Trinajstić information content (AvgIpc) is 3.04. The summed E-state index contributed by atoms with van der Waals surface area (Å²) >= 11 is 6.97. The summed E-state index contributed by atoms with van der Waals surface area (Å²) in [6, 6.07) is 8.99. The maximum atomic E-state index is 13.0. The van der Waals surface area contributed by atoms with Gasteiger partial charge in [-0.1, -0.05) is 11.6 Å². The Balaban J connectivity index is 1.63. The molecule has 0 radical (unpaired) electrons. The van der Waals surface area contributed by atoms with E-state index in [0.717, 1.165) is 11.3 Å². The van der Waals surface area contributed by atoms with Gasteiger partial charge in [-0.25, -0.2) is 19.2 Å². The van der Waals surface area contributed by atoms with E-state index >= 15 is 0 Å². The predicted molar refractivity (Wildman–Crippen MR) is 100 cm³/mol. The molecule has 138 valence electrons. The van der Waals surface area contributed by atoms with Crippen molar-refractivity contribution in [2.75, 3.05) is 11.9 Å². The molecule has 1 N–H and O–H groups in total. The Hall–Kier alpha value is -2.84. The minimum absolute atomic E-state index is 0.138. The molecule has 0 aliphatic carbocycles. The minimum Gasteiger partial charge on any atom is -0.451 e. The highest BCUT2D eigenvalue weighted by Crippen LogP contribution is 2.28. The van der Waals surface area contributed by atoms with E-state index in [4.69, 9.17) is 16.3 Å². The Labute approximate surface area is 163 Å². The number of amides is 1. The van der Waals surface area contributed by atoms with E-state index in [1.165, 1.54) is 18.3 Å².